The van der Waals surface area contributed by atoms with Gasteiger partial charge in [-0.15, -0.1) is 0 Å². The van der Waals surface area contributed by atoms with E-state index in [4.69, 9.17) is 9.63 Å². The predicted molar refractivity (Wildman–Crippen MR) is 59.7 cm³/mol. The van der Waals surface area contributed by atoms with Crippen molar-refractivity contribution in [2.75, 3.05) is 5.32 Å². The zero-order chi connectivity index (χ0) is 14.0. The highest BCUT2D eigenvalue weighted by molar-refractivity contribution is 5.88. The van der Waals surface area contributed by atoms with Gasteiger partial charge in [0.25, 0.3) is 0 Å². The summed E-state index contributed by atoms with van der Waals surface area (Å²) < 4.78 is 31.9. The lowest BCUT2D eigenvalue weighted by atomic mass is 10.2. The quantitative estimate of drug-likeness (QED) is 0.882. The first-order valence-corrected chi connectivity index (χ1v) is 5.23. The van der Waals surface area contributed by atoms with Crippen LogP contribution < -0.4 is 5.32 Å². The Bertz CT molecular complexity index is 604. The van der Waals surface area contributed by atoms with E-state index in [0.29, 0.717) is 5.82 Å². The summed E-state index contributed by atoms with van der Waals surface area (Å²) in [6.45, 7) is 1.54. The molecule has 8 heteroatoms. The van der Waals surface area contributed by atoms with E-state index in [1.807, 2.05) is 0 Å². The third-order valence-corrected chi connectivity index (χ3v) is 2.28. The van der Waals surface area contributed by atoms with Gasteiger partial charge in [-0.25, -0.2) is 13.6 Å². The molecule has 19 heavy (non-hydrogen) atoms. The largest absolute Gasteiger partial charge is 0.478 e. The van der Waals surface area contributed by atoms with Gasteiger partial charge < -0.3 is 14.9 Å². The van der Waals surface area contributed by atoms with Gasteiger partial charge in [-0.05, 0) is 19.1 Å². The lowest BCUT2D eigenvalue weighted by Crippen LogP contribution is -2.07. The normalized spacial score (nSPS) is 10.5. The monoisotopic (exact) mass is 269 g/mol. The van der Waals surface area contributed by atoms with E-state index in [-0.39, 0.29) is 12.4 Å². The van der Waals surface area contributed by atoms with Gasteiger partial charge in [-0.2, -0.15) is 4.98 Å². The minimum Gasteiger partial charge on any atom is -0.478 e. The molecule has 0 bridgehead atoms. The summed E-state index contributed by atoms with van der Waals surface area (Å²) in [5.74, 6) is -2.85. The molecule has 0 saturated carbocycles. The van der Waals surface area contributed by atoms with E-state index in [9.17, 15) is 13.6 Å². The molecule has 0 aliphatic carbocycles. The predicted octanol–water partition coefficient (Wildman–Crippen LogP) is 1.97. The second-order valence-electron chi connectivity index (χ2n) is 3.71. The van der Waals surface area contributed by atoms with Crippen molar-refractivity contribution in [3.8, 4) is 0 Å². The molecule has 2 N–H and O–H groups in total. The Kier molecular flexibility index (Phi) is 3.41. The van der Waals surface area contributed by atoms with Crippen LogP contribution in [0.4, 0.5) is 14.5 Å². The van der Waals surface area contributed by atoms with Crippen molar-refractivity contribution >= 4 is 11.7 Å². The molecule has 2 rings (SSSR count). The fourth-order valence-corrected chi connectivity index (χ4v) is 1.44. The number of hydrogen-bond donors (Lipinski definition) is 2. The third kappa shape index (κ3) is 2.84. The summed E-state index contributed by atoms with van der Waals surface area (Å²) in [5.41, 5.74) is -0.907. The van der Waals surface area contributed by atoms with Crippen molar-refractivity contribution in [3.05, 3.63) is 41.0 Å². The summed E-state index contributed by atoms with van der Waals surface area (Å²) in [5, 5.41) is 14.6. The SMILES string of the molecule is Cc1noc(CNc2c(F)cc(C(=O)O)cc2F)n1. The number of nitrogens with one attached hydrogen (secondary N) is 1. The van der Waals surface area contributed by atoms with Crippen molar-refractivity contribution in [1.82, 2.24) is 10.1 Å². The average Bonchev–Trinajstić information content (AvgIpc) is 2.73. The van der Waals surface area contributed by atoms with Crippen LogP contribution >= 0.6 is 0 Å². The molecule has 0 spiro atoms. The molecule has 0 amide bonds. The zero-order valence-corrected chi connectivity index (χ0v) is 9.78. The molecule has 1 heterocycles. The first-order chi connectivity index (χ1) is 8.97. The van der Waals surface area contributed by atoms with Crippen LogP contribution in [0.1, 0.15) is 22.1 Å². The molecule has 0 radical (unpaired) electrons. The Morgan fingerprint density at radius 2 is 2.05 bits per heavy atom. The Labute approximate surface area is 106 Å². The first kappa shape index (κ1) is 12.9. The van der Waals surface area contributed by atoms with Gasteiger partial charge in [0, 0.05) is 0 Å². The lowest BCUT2D eigenvalue weighted by molar-refractivity contribution is 0.0696. The number of aryl methyl sites for hydroxylation is 1. The fourth-order valence-electron chi connectivity index (χ4n) is 1.44. The number of rotatable bonds is 4. The fraction of sp³-hybridized carbons (Fsp3) is 0.182. The van der Waals surface area contributed by atoms with Gasteiger partial charge in [0.15, 0.2) is 5.82 Å². The van der Waals surface area contributed by atoms with Crippen molar-refractivity contribution in [3.63, 3.8) is 0 Å². The van der Waals surface area contributed by atoms with E-state index in [1.54, 1.807) is 6.92 Å². The maximum atomic E-state index is 13.5. The summed E-state index contributed by atoms with van der Waals surface area (Å²) in [6.07, 6.45) is 0. The summed E-state index contributed by atoms with van der Waals surface area (Å²) >= 11 is 0. The molecule has 0 saturated heterocycles. The lowest BCUT2D eigenvalue weighted by Gasteiger charge is -2.07. The number of carbonyl (C=O) groups is 1. The van der Waals surface area contributed by atoms with Crippen LogP contribution in [-0.4, -0.2) is 21.2 Å². The molecule has 2 aromatic rings. The number of benzene rings is 1. The molecule has 0 fully saturated rings. The number of aromatic nitrogens is 2. The van der Waals surface area contributed by atoms with Crippen molar-refractivity contribution in [2.24, 2.45) is 0 Å². The van der Waals surface area contributed by atoms with Crippen LogP contribution in [0.2, 0.25) is 0 Å². The van der Waals surface area contributed by atoms with Crippen LogP contribution in [0.5, 0.6) is 0 Å². The van der Waals surface area contributed by atoms with Gasteiger partial charge >= 0.3 is 5.97 Å². The zero-order valence-electron chi connectivity index (χ0n) is 9.78. The molecule has 1 aromatic heterocycles. The van der Waals surface area contributed by atoms with Gasteiger partial charge in [0.2, 0.25) is 5.89 Å². The highest BCUT2D eigenvalue weighted by Gasteiger charge is 2.15. The molecule has 0 unspecified atom stereocenters. The molecular weight excluding hydrogens is 260 g/mol. The molecular formula is C11H9F2N3O3. The van der Waals surface area contributed by atoms with Gasteiger partial charge in [-0.1, -0.05) is 5.16 Å². The Morgan fingerprint density at radius 1 is 1.42 bits per heavy atom. The Balaban J connectivity index is 2.18. The second-order valence-corrected chi connectivity index (χ2v) is 3.71. The summed E-state index contributed by atoms with van der Waals surface area (Å²) in [6, 6.07) is 1.46. The average molecular weight is 269 g/mol. The third-order valence-electron chi connectivity index (χ3n) is 2.28. The highest BCUT2D eigenvalue weighted by Crippen LogP contribution is 2.21. The van der Waals surface area contributed by atoms with E-state index in [1.165, 1.54) is 0 Å². The van der Waals surface area contributed by atoms with Crippen molar-refractivity contribution in [2.45, 2.75) is 13.5 Å². The van der Waals surface area contributed by atoms with E-state index >= 15 is 0 Å². The van der Waals surface area contributed by atoms with Crippen LogP contribution in [0, 0.1) is 18.6 Å². The maximum Gasteiger partial charge on any atom is 0.335 e. The number of carboxylic acids is 1. The van der Waals surface area contributed by atoms with E-state index < -0.39 is 28.9 Å². The molecule has 0 atom stereocenters. The minimum atomic E-state index is -1.41. The van der Waals surface area contributed by atoms with E-state index in [0.717, 1.165) is 12.1 Å². The molecule has 0 aliphatic rings. The number of aromatic carboxylic acids is 1. The summed E-state index contributed by atoms with van der Waals surface area (Å²) in [4.78, 5) is 14.5. The van der Waals surface area contributed by atoms with Crippen LogP contribution in [0.15, 0.2) is 16.7 Å². The van der Waals surface area contributed by atoms with Crippen LogP contribution in [0.25, 0.3) is 0 Å². The van der Waals surface area contributed by atoms with Crippen LogP contribution in [0.3, 0.4) is 0 Å². The van der Waals surface area contributed by atoms with E-state index in [2.05, 4.69) is 15.5 Å². The number of anilines is 1. The summed E-state index contributed by atoms with van der Waals surface area (Å²) in [7, 11) is 0. The Hall–Kier alpha value is -2.51. The number of hydrogen-bond acceptors (Lipinski definition) is 5. The minimum absolute atomic E-state index is 0.0684. The first-order valence-electron chi connectivity index (χ1n) is 5.23. The van der Waals surface area contributed by atoms with Gasteiger partial charge in [-0.3, -0.25) is 0 Å². The van der Waals surface area contributed by atoms with Gasteiger partial charge in [0.1, 0.15) is 17.3 Å². The highest BCUT2D eigenvalue weighted by atomic mass is 19.1. The Morgan fingerprint density at radius 3 is 2.53 bits per heavy atom. The molecule has 100 valence electrons. The number of carboxylic acid groups (broad SMARTS) is 1. The number of halogens is 2. The smallest absolute Gasteiger partial charge is 0.335 e. The van der Waals surface area contributed by atoms with Crippen molar-refractivity contribution in [1.29, 1.82) is 0 Å². The maximum absolute atomic E-state index is 13.5. The standard InChI is InChI=1S/C11H9F2N3O3/c1-5-15-9(19-16-5)4-14-10-7(12)2-6(11(17)18)3-8(10)13/h2-3,14H,4H2,1H3,(H,17,18). The molecule has 0 aliphatic heterocycles. The van der Waals surface area contributed by atoms with Crippen molar-refractivity contribution < 1.29 is 23.2 Å². The molecule has 6 nitrogen and oxygen atoms in total. The second kappa shape index (κ2) is 5.01. The van der Waals surface area contributed by atoms with Crippen LogP contribution in [-0.2, 0) is 6.54 Å². The molecule has 1 aromatic carbocycles. The topological polar surface area (TPSA) is 88.2 Å². The number of nitrogens with zero attached hydrogens (tertiary/aromatic N) is 2. The van der Waals surface area contributed by atoms with Gasteiger partial charge in [0.05, 0.1) is 12.1 Å².